The molecule has 2 aromatic carbocycles. The van der Waals surface area contributed by atoms with Crippen LogP contribution in [0.2, 0.25) is 0 Å². The zero-order valence-electron chi connectivity index (χ0n) is 11.2. The molecule has 2 heteroatoms. The summed E-state index contributed by atoms with van der Waals surface area (Å²) < 4.78 is 11.1. The molecule has 0 amide bonds. The van der Waals surface area contributed by atoms with Gasteiger partial charge in [0.2, 0.25) is 0 Å². The second-order valence-electron chi connectivity index (χ2n) is 4.44. The minimum absolute atomic E-state index is 0.227. The van der Waals surface area contributed by atoms with E-state index in [-0.39, 0.29) is 6.10 Å². The lowest BCUT2D eigenvalue weighted by Gasteiger charge is -2.18. The first-order valence-electron chi connectivity index (χ1n) is 6.44. The first kappa shape index (κ1) is 12.4. The minimum atomic E-state index is -0.227. The lowest BCUT2D eigenvalue weighted by Crippen LogP contribution is -2.14. The molecule has 98 valence electrons. The third kappa shape index (κ3) is 2.67. The summed E-state index contributed by atoms with van der Waals surface area (Å²) in [6.07, 6.45) is 3.77. The van der Waals surface area contributed by atoms with E-state index >= 15 is 0 Å². The molecule has 3 rings (SSSR count). The number of benzene rings is 2. The molecule has 0 aromatic heterocycles. The van der Waals surface area contributed by atoms with Gasteiger partial charge < -0.3 is 9.47 Å². The maximum Gasteiger partial charge on any atom is 0.178 e. The molecular weight excluding hydrogens is 248 g/mol. The van der Waals surface area contributed by atoms with E-state index in [9.17, 15) is 0 Å². The van der Waals surface area contributed by atoms with Crippen LogP contribution in [0.3, 0.4) is 0 Å². The van der Waals surface area contributed by atoms with Gasteiger partial charge in [-0.05, 0) is 36.3 Å². The predicted molar refractivity (Wildman–Crippen MR) is 79.8 cm³/mol. The highest BCUT2D eigenvalue weighted by Gasteiger charge is 2.13. The molecule has 1 aliphatic rings. The molecule has 2 nitrogen and oxygen atoms in total. The van der Waals surface area contributed by atoms with Crippen molar-refractivity contribution in [2.24, 2.45) is 0 Å². The summed E-state index contributed by atoms with van der Waals surface area (Å²) in [4.78, 5) is 0. The Bertz CT molecular complexity index is 690. The van der Waals surface area contributed by atoms with Crippen molar-refractivity contribution in [3.8, 4) is 23.3 Å². The van der Waals surface area contributed by atoms with Gasteiger partial charge in [-0.15, -0.1) is 0 Å². The van der Waals surface area contributed by atoms with Crippen molar-refractivity contribution in [3.05, 3.63) is 65.7 Å². The Morgan fingerprint density at radius 2 is 1.95 bits per heavy atom. The van der Waals surface area contributed by atoms with Gasteiger partial charge in [0.1, 0.15) is 11.5 Å². The fourth-order valence-corrected chi connectivity index (χ4v) is 2.00. The van der Waals surface area contributed by atoms with E-state index in [1.165, 1.54) is 0 Å². The maximum absolute atomic E-state index is 5.86. The Kier molecular flexibility index (Phi) is 3.43. The summed E-state index contributed by atoms with van der Waals surface area (Å²) >= 11 is 0. The average Bonchev–Trinajstić information content (AvgIpc) is 2.53. The third-order valence-electron chi connectivity index (χ3n) is 3.06. The first-order valence-corrected chi connectivity index (χ1v) is 6.44. The van der Waals surface area contributed by atoms with Crippen molar-refractivity contribution in [2.45, 2.75) is 6.10 Å². The SMILES string of the molecule is COc1ccc2c(c1)OC(C#Cc1ccccc1)C=C2. The van der Waals surface area contributed by atoms with Crippen LogP contribution in [-0.2, 0) is 0 Å². The summed E-state index contributed by atoms with van der Waals surface area (Å²) in [5.74, 6) is 7.82. The van der Waals surface area contributed by atoms with Gasteiger partial charge >= 0.3 is 0 Å². The second-order valence-corrected chi connectivity index (χ2v) is 4.44. The lowest BCUT2D eigenvalue weighted by atomic mass is 10.1. The van der Waals surface area contributed by atoms with Crippen LogP contribution in [0, 0.1) is 11.8 Å². The van der Waals surface area contributed by atoms with Crippen LogP contribution in [0.5, 0.6) is 11.5 Å². The highest BCUT2D eigenvalue weighted by atomic mass is 16.5. The van der Waals surface area contributed by atoms with Crippen LogP contribution in [0.1, 0.15) is 11.1 Å². The minimum Gasteiger partial charge on any atom is -0.497 e. The van der Waals surface area contributed by atoms with E-state index in [1.807, 2.05) is 60.7 Å². The molecule has 0 radical (unpaired) electrons. The molecule has 0 aliphatic carbocycles. The first-order chi connectivity index (χ1) is 9.85. The van der Waals surface area contributed by atoms with Crippen LogP contribution < -0.4 is 9.47 Å². The Labute approximate surface area is 118 Å². The number of fused-ring (bicyclic) bond motifs is 1. The molecular formula is C18H14O2. The zero-order chi connectivity index (χ0) is 13.8. The lowest BCUT2D eigenvalue weighted by molar-refractivity contribution is 0.298. The highest BCUT2D eigenvalue weighted by molar-refractivity contribution is 5.62. The normalized spacial score (nSPS) is 15.6. The number of ether oxygens (including phenoxy) is 2. The molecule has 20 heavy (non-hydrogen) atoms. The van der Waals surface area contributed by atoms with Crippen molar-refractivity contribution >= 4 is 6.08 Å². The average molecular weight is 262 g/mol. The smallest absolute Gasteiger partial charge is 0.178 e. The van der Waals surface area contributed by atoms with Crippen LogP contribution in [0.4, 0.5) is 0 Å². The highest BCUT2D eigenvalue weighted by Crippen LogP contribution is 2.29. The van der Waals surface area contributed by atoms with Crippen LogP contribution in [0.15, 0.2) is 54.6 Å². The monoisotopic (exact) mass is 262 g/mol. The Balaban J connectivity index is 1.81. The van der Waals surface area contributed by atoms with E-state index in [0.717, 1.165) is 22.6 Å². The number of hydrogen-bond donors (Lipinski definition) is 0. The third-order valence-corrected chi connectivity index (χ3v) is 3.06. The van der Waals surface area contributed by atoms with Crippen LogP contribution in [0.25, 0.3) is 6.08 Å². The summed E-state index contributed by atoms with van der Waals surface area (Å²) in [7, 11) is 1.65. The molecule has 0 bridgehead atoms. The largest absolute Gasteiger partial charge is 0.497 e. The van der Waals surface area contributed by atoms with Crippen molar-refractivity contribution in [1.82, 2.24) is 0 Å². The molecule has 1 unspecified atom stereocenters. The second kappa shape index (κ2) is 5.54. The van der Waals surface area contributed by atoms with Gasteiger partial charge in [-0.3, -0.25) is 0 Å². The number of hydrogen-bond acceptors (Lipinski definition) is 2. The van der Waals surface area contributed by atoms with E-state index in [4.69, 9.17) is 9.47 Å². The van der Waals surface area contributed by atoms with E-state index in [2.05, 4.69) is 11.8 Å². The van der Waals surface area contributed by atoms with Crippen molar-refractivity contribution in [1.29, 1.82) is 0 Å². The Morgan fingerprint density at radius 3 is 2.75 bits per heavy atom. The fourth-order valence-electron chi connectivity index (χ4n) is 2.00. The van der Waals surface area contributed by atoms with Gasteiger partial charge in [0.05, 0.1) is 7.11 Å². The zero-order valence-corrected chi connectivity index (χ0v) is 11.2. The van der Waals surface area contributed by atoms with E-state index in [0.29, 0.717) is 0 Å². The van der Waals surface area contributed by atoms with Gasteiger partial charge in [-0.1, -0.05) is 30.2 Å². The van der Waals surface area contributed by atoms with Gasteiger partial charge in [-0.25, -0.2) is 0 Å². The summed E-state index contributed by atoms with van der Waals surface area (Å²) in [6.45, 7) is 0. The quantitative estimate of drug-likeness (QED) is 0.732. The van der Waals surface area contributed by atoms with Gasteiger partial charge in [0.25, 0.3) is 0 Å². The predicted octanol–water partition coefficient (Wildman–Crippen LogP) is 3.52. The van der Waals surface area contributed by atoms with E-state index < -0.39 is 0 Å². The van der Waals surface area contributed by atoms with Crippen LogP contribution in [-0.4, -0.2) is 13.2 Å². The van der Waals surface area contributed by atoms with Gasteiger partial charge in [0, 0.05) is 17.2 Å². The molecule has 0 spiro atoms. The standard InChI is InChI=1S/C18H14O2/c1-19-17-12-9-15-8-11-16(20-18(15)13-17)10-7-14-5-3-2-4-6-14/h2-6,8-9,11-13,16H,1H3. The van der Waals surface area contributed by atoms with Crippen LogP contribution >= 0.6 is 0 Å². The molecule has 1 aliphatic heterocycles. The Hall–Kier alpha value is -2.66. The van der Waals surface area contributed by atoms with Crippen molar-refractivity contribution in [3.63, 3.8) is 0 Å². The molecule has 1 atom stereocenters. The number of methoxy groups -OCH3 is 1. The summed E-state index contributed by atoms with van der Waals surface area (Å²) in [5, 5.41) is 0. The topological polar surface area (TPSA) is 18.5 Å². The molecule has 0 saturated carbocycles. The molecule has 0 fully saturated rings. The van der Waals surface area contributed by atoms with Crippen molar-refractivity contribution in [2.75, 3.05) is 7.11 Å². The molecule has 1 heterocycles. The number of rotatable bonds is 1. The van der Waals surface area contributed by atoms with E-state index in [1.54, 1.807) is 7.11 Å². The maximum atomic E-state index is 5.86. The molecule has 0 saturated heterocycles. The Morgan fingerprint density at radius 1 is 1.10 bits per heavy atom. The molecule has 0 N–H and O–H groups in total. The van der Waals surface area contributed by atoms with Crippen molar-refractivity contribution < 1.29 is 9.47 Å². The molecule has 2 aromatic rings. The fraction of sp³-hybridized carbons (Fsp3) is 0.111. The summed E-state index contributed by atoms with van der Waals surface area (Å²) in [6, 6.07) is 15.7. The van der Waals surface area contributed by atoms with Gasteiger partial charge in [0.15, 0.2) is 6.10 Å². The summed E-state index contributed by atoms with van der Waals surface area (Å²) in [5.41, 5.74) is 2.03. The van der Waals surface area contributed by atoms with Gasteiger partial charge in [-0.2, -0.15) is 0 Å².